The molecule has 0 bridgehead atoms. The third-order valence-electron chi connectivity index (χ3n) is 4.79. The van der Waals surface area contributed by atoms with Crippen molar-refractivity contribution in [1.29, 1.82) is 0 Å². The van der Waals surface area contributed by atoms with E-state index in [2.05, 4.69) is 22.0 Å². The predicted octanol–water partition coefficient (Wildman–Crippen LogP) is 2.60. The van der Waals surface area contributed by atoms with E-state index in [4.69, 9.17) is 5.11 Å². The molecule has 0 unspecified atom stereocenters. The van der Waals surface area contributed by atoms with Crippen molar-refractivity contribution in [2.24, 2.45) is 0 Å². The average Bonchev–Trinajstić information content (AvgIpc) is 2.71. The van der Waals surface area contributed by atoms with Crippen molar-refractivity contribution in [3.05, 3.63) is 63.7 Å². The number of nitrogens with zero attached hydrogens (tertiary/aromatic N) is 1. The summed E-state index contributed by atoms with van der Waals surface area (Å²) in [6.07, 6.45) is 2.94. The maximum Gasteiger partial charge on any atom is 0.271 e. The van der Waals surface area contributed by atoms with E-state index < -0.39 is 4.92 Å². The first-order chi connectivity index (χ1) is 13.6. The Bertz CT molecular complexity index is 856. The van der Waals surface area contributed by atoms with E-state index in [1.54, 1.807) is 6.07 Å². The van der Waals surface area contributed by atoms with Crippen LogP contribution >= 0.6 is 0 Å². The molecule has 0 spiro atoms. The molecule has 8 heteroatoms. The van der Waals surface area contributed by atoms with Gasteiger partial charge < -0.3 is 21.1 Å². The number of hydrogen-bond acceptors (Lipinski definition) is 6. The smallest absolute Gasteiger partial charge is 0.271 e. The number of nitro benzene ring substituents is 1. The quantitative estimate of drug-likeness (QED) is 0.411. The molecule has 0 heterocycles. The zero-order valence-electron chi connectivity index (χ0n) is 15.5. The second kappa shape index (κ2) is 9.18. The molecule has 0 radical (unpaired) electrons. The highest BCUT2D eigenvalue weighted by molar-refractivity contribution is 5.83. The van der Waals surface area contributed by atoms with E-state index in [0.717, 1.165) is 24.8 Å². The number of aryl methyl sites for hydroxylation is 1. The summed E-state index contributed by atoms with van der Waals surface area (Å²) in [5, 5.41) is 29.0. The number of anilines is 2. The molecule has 1 aliphatic carbocycles. The minimum Gasteiger partial charge on any atom is -0.395 e. The summed E-state index contributed by atoms with van der Waals surface area (Å²) in [5.74, 6) is -0.179. The molecule has 0 fully saturated rings. The van der Waals surface area contributed by atoms with Gasteiger partial charge in [-0.25, -0.2) is 0 Å². The van der Waals surface area contributed by atoms with Crippen molar-refractivity contribution in [3.63, 3.8) is 0 Å². The number of fused-ring (bicyclic) bond motifs is 1. The number of aliphatic hydroxyl groups excluding tert-OH is 1. The fourth-order valence-electron chi connectivity index (χ4n) is 3.46. The lowest BCUT2D eigenvalue weighted by molar-refractivity contribution is -0.384. The van der Waals surface area contributed by atoms with E-state index in [9.17, 15) is 14.9 Å². The fourth-order valence-corrected chi connectivity index (χ4v) is 3.46. The molecule has 0 aliphatic heterocycles. The monoisotopic (exact) mass is 384 g/mol. The molecular weight excluding hydrogens is 360 g/mol. The van der Waals surface area contributed by atoms with Crippen LogP contribution in [0.1, 0.15) is 30.0 Å². The Hall–Kier alpha value is -3.13. The maximum atomic E-state index is 12.5. The van der Waals surface area contributed by atoms with Crippen LogP contribution in [0.2, 0.25) is 0 Å². The number of amides is 1. The van der Waals surface area contributed by atoms with Crippen molar-refractivity contribution in [2.45, 2.75) is 25.3 Å². The Kier molecular flexibility index (Phi) is 6.44. The molecule has 2 aromatic rings. The molecule has 1 amide bonds. The molecule has 148 valence electrons. The van der Waals surface area contributed by atoms with Gasteiger partial charge in [-0.3, -0.25) is 14.9 Å². The number of hydrogen-bond donors (Lipinski definition) is 4. The van der Waals surface area contributed by atoms with Gasteiger partial charge in [-0.2, -0.15) is 0 Å². The van der Waals surface area contributed by atoms with Crippen LogP contribution in [0.15, 0.2) is 42.5 Å². The van der Waals surface area contributed by atoms with Crippen LogP contribution in [0, 0.1) is 10.1 Å². The molecule has 1 aliphatic rings. The SMILES string of the molecule is O=C(CNc1cc([N+](=O)[O-])ccc1NCCO)N[C@@H]1CCCc2ccccc21. The van der Waals surface area contributed by atoms with Crippen LogP contribution in [-0.4, -0.2) is 35.6 Å². The van der Waals surface area contributed by atoms with Gasteiger partial charge in [-0.1, -0.05) is 24.3 Å². The number of rotatable bonds is 8. The second-order valence-electron chi connectivity index (χ2n) is 6.70. The van der Waals surface area contributed by atoms with E-state index in [0.29, 0.717) is 17.9 Å². The summed E-state index contributed by atoms with van der Waals surface area (Å²) in [5.41, 5.74) is 3.39. The van der Waals surface area contributed by atoms with Crippen molar-refractivity contribution < 1.29 is 14.8 Å². The van der Waals surface area contributed by atoms with Gasteiger partial charge in [0, 0.05) is 18.7 Å². The summed E-state index contributed by atoms with van der Waals surface area (Å²) >= 11 is 0. The molecule has 0 saturated carbocycles. The summed E-state index contributed by atoms with van der Waals surface area (Å²) in [6, 6.07) is 12.4. The van der Waals surface area contributed by atoms with E-state index in [1.807, 2.05) is 18.2 Å². The summed E-state index contributed by atoms with van der Waals surface area (Å²) in [4.78, 5) is 23.0. The van der Waals surface area contributed by atoms with Gasteiger partial charge in [0.15, 0.2) is 0 Å². The Labute approximate surface area is 163 Å². The first kappa shape index (κ1) is 19.6. The molecule has 3 rings (SSSR count). The summed E-state index contributed by atoms with van der Waals surface area (Å²) in [7, 11) is 0. The van der Waals surface area contributed by atoms with Crippen molar-refractivity contribution >= 4 is 23.0 Å². The number of non-ortho nitro benzene ring substituents is 1. The molecular formula is C20H24N4O4. The van der Waals surface area contributed by atoms with E-state index >= 15 is 0 Å². The molecule has 2 aromatic carbocycles. The summed E-state index contributed by atoms with van der Waals surface area (Å²) in [6.45, 7) is 0.225. The average molecular weight is 384 g/mol. The Morgan fingerprint density at radius 3 is 2.79 bits per heavy atom. The van der Waals surface area contributed by atoms with Crippen LogP contribution in [-0.2, 0) is 11.2 Å². The van der Waals surface area contributed by atoms with Crippen LogP contribution in [0.25, 0.3) is 0 Å². The second-order valence-corrected chi connectivity index (χ2v) is 6.70. The highest BCUT2D eigenvalue weighted by Crippen LogP contribution is 2.30. The van der Waals surface area contributed by atoms with Crippen molar-refractivity contribution in [3.8, 4) is 0 Å². The summed E-state index contributed by atoms with van der Waals surface area (Å²) < 4.78 is 0. The number of aliphatic hydroxyl groups is 1. The fraction of sp³-hybridized carbons (Fsp3) is 0.350. The zero-order valence-corrected chi connectivity index (χ0v) is 15.5. The molecule has 4 N–H and O–H groups in total. The maximum absolute atomic E-state index is 12.5. The number of nitro groups is 1. The predicted molar refractivity (Wildman–Crippen MR) is 107 cm³/mol. The molecule has 1 atom stereocenters. The number of carbonyl (C=O) groups excluding carboxylic acids is 1. The molecule has 0 aromatic heterocycles. The first-order valence-corrected chi connectivity index (χ1v) is 9.32. The van der Waals surface area contributed by atoms with Crippen LogP contribution in [0.3, 0.4) is 0 Å². The van der Waals surface area contributed by atoms with E-state index in [1.165, 1.54) is 17.7 Å². The highest BCUT2D eigenvalue weighted by Gasteiger charge is 2.21. The Morgan fingerprint density at radius 1 is 1.18 bits per heavy atom. The van der Waals surface area contributed by atoms with Crippen molar-refractivity contribution in [1.82, 2.24) is 5.32 Å². The highest BCUT2D eigenvalue weighted by atomic mass is 16.6. The lowest BCUT2D eigenvalue weighted by Crippen LogP contribution is -2.35. The van der Waals surface area contributed by atoms with Gasteiger partial charge in [0.05, 0.1) is 35.5 Å². The van der Waals surface area contributed by atoms with Gasteiger partial charge in [0.25, 0.3) is 5.69 Å². The van der Waals surface area contributed by atoms with Crippen LogP contribution < -0.4 is 16.0 Å². The third-order valence-corrected chi connectivity index (χ3v) is 4.79. The van der Waals surface area contributed by atoms with Gasteiger partial charge in [0.2, 0.25) is 5.91 Å². The van der Waals surface area contributed by atoms with E-state index in [-0.39, 0.29) is 30.8 Å². The zero-order chi connectivity index (χ0) is 19.9. The van der Waals surface area contributed by atoms with Gasteiger partial charge >= 0.3 is 0 Å². The Morgan fingerprint density at radius 2 is 2.00 bits per heavy atom. The Balaban J connectivity index is 1.66. The van der Waals surface area contributed by atoms with Gasteiger partial charge in [-0.05, 0) is 36.5 Å². The molecule has 8 nitrogen and oxygen atoms in total. The number of benzene rings is 2. The van der Waals surface area contributed by atoms with Gasteiger partial charge in [0.1, 0.15) is 0 Å². The largest absolute Gasteiger partial charge is 0.395 e. The topological polar surface area (TPSA) is 117 Å². The van der Waals surface area contributed by atoms with Gasteiger partial charge in [-0.15, -0.1) is 0 Å². The minimum atomic E-state index is -0.486. The normalized spacial score (nSPS) is 15.4. The van der Waals surface area contributed by atoms with Crippen molar-refractivity contribution in [2.75, 3.05) is 30.3 Å². The first-order valence-electron chi connectivity index (χ1n) is 9.32. The minimum absolute atomic E-state index is 0.00631. The lowest BCUT2D eigenvalue weighted by atomic mass is 9.88. The lowest BCUT2D eigenvalue weighted by Gasteiger charge is -2.26. The number of nitrogens with one attached hydrogen (secondary N) is 3. The molecule has 0 saturated heterocycles. The third kappa shape index (κ3) is 4.77. The van der Waals surface area contributed by atoms with Crippen LogP contribution in [0.4, 0.5) is 17.1 Å². The van der Waals surface area contributed by atoms with Crippen LogP contribution in [0.5, 0.6) is 0 Å². The molecule has 28 heavy (non-hydrogen) atoms. The standard InChI is InChI=1S/C20H24N4O4/c25-11-10-21-18-9-8-15(24(27)28)12-19(18)22-13-20(26)23-17-7-3-5-14-4-1-2-6-16(14)17/h1-2,4,6,8-9,12,17,21-22,25H,3,5,7,10-11,13H2,(H,23,26)/t17-/m1/s1. The number of carbonyl (C=O) groups is 1.